The highest BCUT2D eigenvalue weighted by Crippen LogP contribution is 2.28. The highest BCUT2D eigenvalue weighted by Gasteiger charge is 2.30. The molecule has 2 aromatic carbocycles. The van der Waals surface area contributed by atoms with E-state index in [9.17, 15) is 5.11 Å². The Hall–Kier alpha value is -1.68. The van der Waals surface area contributed by atoms with Crippen molar-refractivity contribution in [1.29, 1.82) is 0 Å². The van der Waals surface area contributed by atoms with Gasteiger partial charge in [0.1, 0.15) is 18.8 Å². The molecular weight excluding hydrogens is 334 g/mol. The summed E-state index contributed by atoms with van der Waals surface area (Å²) in [6, 6.07) is 21.1. The topological polar surface area (TPSA) is 46.1 Å². The van der Waals surface area contributed by atoms with Crippen LogP contribution in [0.25, 0.3) is 0 Å². The minimum atomic E-state index is -0.454. The van der Waals surface area contributed by atoms with Gasteiger partial charge < -0.3 is 15.2 Å². The summed E-state index contributed by atoms with van der Waals surface area (Å²) in [5.74, 6) is 1.50. The first-order valence-corrected chi connectivity index (χ1v) is 10.4. The van der Waals surface area contributed by atoms with Gasteiger partial charge >= 0.3 is 0 Å². The number of ether oxygens (including phenoxy) is 1. The van der Waals surface area contributed by atoms with Gasteiger partial charge in [-0.05, 0) is 36.3 Å². The molecule has 0 unspecified atom stereocenters. The van der Waals surface area contributed by atoms with E-state index in [1.165, 1.54) is 19.3 Å². The van der Waals surface area contributed by atoms with Crippen LogP contribution >= 0.6 is 0 Å². The molecule has 4 atom stereocenters. The van der Waals surface area contributed by atoms with E-state index in [4.69, 9.17) is 4.74 Å². The molecule has 2 aromatic rings. The van der Waals surface area contributed by atoms with Crippen molar-refractivity contribution in [2.24, 2.45) is 11.8 Å². The quantitative estimate of drug-likeness (QED) is 0.749. The van der Waals surface area contributed by atoms with E-state index in [1.54, 1.807) is 0 Å². The Balaban J connectivity index is 1.55. The molecule has 1 fully saturated rings. The molecule has 0 saturated heterocycles. The third-order valence-corrected chi connectivity index (χ3v) is 6.14. The number of hydrogen-bond donors (Lipinski definition) is 2. The van der Waals surface area contributed by atoms with Crippen LogP contribution in [0.1, 0.15) is 50.3 Å². The Labute approximate surface area is 163 Å². The predicted octanol–water partition coefficient (Wildman–Crippen LogP) is 3.54. The zero-order valence-electron chi connectivity index (χ0n) is 16.6. The molecule has 0 aromatic heterocycles. The molecule has 3 rings (SSSR count). The second-order valence-corrected chi connectivity index (χ2v) is 8.09. The molecule has 0 amide bonds. The first kappa shape index (κ1) is 20.1. The van der Waals surface area contributed by atoms with Gasteiger partial charge in [0.15, 0.2) is 0 Å². The maximum atomic E-state index is 10.5. The van der Waals surface area contributed by atoms with Crippen LogP contribution in [0.4, 0.5) is 0 Å². The van der Waals surface area contributed by atoms with Crippen LogP contribution in [0, 0.1) is 11.8 Å². The number of rotatable bonds is 8. The van der Waals surface area contributed by atoms with Crippen molar-refractivity contribution in [3.63, 3.8) is 0 Å². The van der Waals surface area contributed by atoms with E-state index in [0.29, 0.717) is 25.1 Å². The summed E-state index contributed by atoms with van der Waals surface area (Å²) >= 11 is 0. The molecule has 0 aliphatic heterocycles. The van der Waals surface area contributed by atoms with E-state index in [0.717, 1.165) is 17.0 Å². The summed E-state index contributed by atoms with van der Waals surface area (Å²) in [7, 11) is 0. The monoisotopic (exact) mass is 368 g/mol. The lowest BCUT2D eigenvalue weighted by Crippen LogP contribution is -2.93. The van der Waals surface area contributed by atoms with Gasteiger partial charge in [-0.25, -0.2) is 0 Å². The van der Waals surface area contributed by atoms with Crippen LogP contribution in [0.5, 0.6) is 0 Å². The van der Waals surface area contributed by atoms with Gasteiger partial charge in [0, 0.05) is 5.92 Å². The highest BCUT2D eigenvalue weighted by atomic mass is 16.5. The molecule has 1 aliphatic rings. The maximum absolute atomic E-state index is 10.5. The fourth-order valence-corrected chi connectivity index (χ4v) is 4.20. The summed E-state index contributed by atoms with van der Waals surface area (Å²) < 4.78 is 6.19. The largest absolute Gasteiger partial charge is 0.385 e. The number of aliphatic hydroxyl groups is 1. The van der Waals surface area contributed by atoms with Crippen molar-refractivity contribution in [2.75, 3.05) is 13.2 Å². The third kappa shape index (κ3) is 5.65. The Morgan fingerprint density at radius 1 is 0.963 bits per heavy atom. The average Bonchev–Trinajstić information content (AvgIpc) is 2.71. The standard InChI is InChI=1S/C24H33NO2/c1-18-10-9-15-23(19(18)2)25-16-22(26)17-27-24(20-11-5-3-6-12-20)21-13-7-4-8-14-21/h3-8,11-14,18-19,22-26H,9-10,15-17H2,1-2H3/p+1/t18-,19+,22-,23+/m0/s1. The van der Waals surface area contributed by atoms with Crippen molar-refractivity contribution in [2.45, 2.75) is 51.4 Å². The van der Waals surface area contributed by atoms with Crippen molar-refractivity contribution in [1.82, 2.24) is 0 Å². The molecule has 1 aliphatic carbocycles. The Morgan fingerprint density at radius 2 is 1.56 bits per heavy atom. The Bertz CT molecular complexity index is 621. The van der Waals surface area contributed by atoms with Gasteiger partial charge in [-0.3, -0.25) is 0 Å². The summed E-state index contributed by atoms with van der Waals surface area (Å²) in [5.41, 5.74) is 2.24. The molecule has 3 heteroatoms. The van der Waals surface area contributed by atoms with Crippen LogP contribution in [0.3, 0.4) is 0 Å². The lowest BCUT2D eigenvalue weighted by Gasteiger charge is -2.32. The van der Waals surface area contributed by atoms with E-state index in [2.05, 4.69) is 43.4 Å². The first-order chi connectivity index (χ1) is 13.1. The molecule has 0 bridgehead atoms. The summed E-state index contributed by atoms with van der Waals surface area (Å²) in [6.45, 7) is 5.77. The third-order valence-electron chi connectivity index (χ3n) is 6.14. The fraction of sp³-hybridized carbons (Fsp3) is 0.500. The zero-order chi connectivity index (χ0) is 19.1. The zero-order valence-corrected chi connectivity index (χ0v) is 16.6. The van der Waals surface area contributed by atoms with Crippen molar-refractivity contribution < 1.29 is 15.2 Å². The smallest absolute Gasteiger partial charge is 0.126 e. The van der Waals surface area contributed by atoms with Crippen LogP contribution < -0.4 is 5.32 Å². The van der Waals surface area contributed by atoms with Gasteiger partial charge in [-0.15, -0.1) is 0 Å². The minimum Gasteiger partial charge on any atom is -0.385 e. The van der Waals surface area contributed by atoms with Gasteiger partial charge in [0.05, 0.1) is 12.6 Å². The molecule has 0 spiro atoms. The number of benzene rings is 2. The Morgan fingerprint density at radius 3 is 2.15 bits per heavy atom. The van der Waals surface area contributed by atoms with Gasteiger partial charge in [0.25, 0.3) is 0 Å². The molecule has 0 heterocycles. The summed E-state index contributed by atoms with van der Waals surface area (Å²) in [5, 5.41) is 12.9. The molecule has 1 saturated carbocycles. The minimum absolute atomic E-state index is 0.143. The number of quaternary nitrogens is 1. The average molecular weight is 369 g/mol. The Kier molecular flexibility index (Phi) is 7.45. The van der Waals surface area contributed by atoms with E-state index < -0.39 is 6.10 Å². The van der Waals surface area contributed by atoms with E-state index in [1.807, 2.05) is 36.4 Å². The van der Waals surface area contributed by atoms with Gasteiger partial charge in [0.2, 0.25) is 0 Å². The molecule has 3 nitrogen and oxygen atoms in total. The molecule has 0 radical (unpaired) electrons. The lowest BCUT2D eigenvalue weighted by atomic mass is 9.78. The summed E-state index contributed by atoms with van der Waals surface area (Å²) in [6.07, 6.45) is 3.31. The second-order valence-electron chi connectivity index (χ2n) is 8.09. The number of aliphatic hydroxyl groups excluding tert-OH is 1. The number of nitrogens with two attached hydrogens (primary N) is 1. The molecule has 146 valence electrons. The SMILES string of the molecule is C[C@@H]1[C@@H](C)CCC[C@H]1[NH2+]C[C@H](O)COC(c1ccccc1)c1ccccc1. The fourth-order valence-electron chi connectivity index (χ4n) is 4.20. The van der Waals surface area contributed by atoms with Gasteiger partial charge in [-0.2, -0.15) is 0 Å². The second kappa shape index (κ2) is 10.0. The van der Waals surface area contributed by atoms with Crippen molar-refractivity contribution >= 4 is 0 Å². The van der Waals surface area contributed by atoms with Crippen molar-refractivity contribution in [3.05, 3.63) is 71.8 Å². The van der Waals surface area contributed by atoms with E-state index >= 15 is 0 Å². The molecule has 3 N–H and O–H groups in total. The molecular formula is C24H34NO2+. The summed E-state index contributed by atoms with van der Waals surface area (Å²) in [4.78, 5) is 0. The normalized spacial score (nSPS) is 24.1. The first-order valence-electron chi connectivity index (χ1n) is 10.4. The van der Waals surface area contributed by atoms with E-state index in [-0.39, 0.29) is 6.10 Å². The highest BCUT2D eigenvalue weighted by molar-refractivity contribution is 5.29. The van der Waals surface area contributed by atoms with Gasteiger partial charge in [-0.1, -0.05) is 74.5 Å². The van der Waals surface area contributed by atoms with Crippen molar-refractivity contribution in [3.8, 4) is 0 Å². The lowest BCUT2D eigenvalue weighted by molar-refractivity contribution is -0.704. The van der Waals surface area contributed by atoms with Crippen LogP contribution in [-0.2, 0) is 4.74 Å². The number of hydrogen-bond acceptors (Lipinski definition) is 2. The van der Waals surface area contributed by atoms with Crippen LogP contribution in [-0.4, -0.2) is 30.4 Å². The maximum Gasteiger partial charge on any atom is 0.126 e. The van der Waals surface area contributed by atoms with Crippen LogP contribution in [0.2, 0.25) is 0 Å². The van der Waals surface area contributed by atoms with Crippen LogP contribution in [0.15, 0.2) is 60.7 Å². The molecule has 27 heavy (non-hydrogen) atoms. The predicted molar refractivity (Wildman–Crippen MR) is 109 cm³/mol.